The molecule has 0 aromatic carbocycles. The lowest BCUT2D eigenvalue weighted by Crippen LogP contribution is -2.33. The predicted molar refractivity (Wildman–Crippen MR) is 75.0 cm³/mol. The molecule has 0 bridgehead atoms. The molecular formula is C13H27NO2S. The van der Waals surface area contributed by atoms with Crippen LogP contribution in [0.15, 0.2) is 0 Å². The summed E-state index contributed by atoms with van der Waals surface area (Å²) in [4.78, 5) is 11.1. The Morgan fingerprint density at radius 2 is 1.88 bits per heavy atom. The van der Waals surface area contributed by atoms with Gasteiger partial charge in [-0.3, -0.25) is 4.79 Å². The minimum Gasteiger partial charge on any atom is -0.370 e. The van der Waals surface area contributed by atoms with E-state index in [9.17, 15) is 4.79 Å². The van der Waals surface area contributed by atoms with Gasteiger partial charge in [-0.15, -0.1) is 0 Å². The highest BCUT2D eigenvalue weighted by Crippen LogP contribution is 2.36. The Hall–Kier alpha value is -0.220. The van der Waals surface area contributed by atoms with Crippen LogP contribution in [0.4, 0.5) is 4.79 Å². The molecule has 0 aliphatic rings. The lowest BCUT2D eigenvalue weighted by atomic mass is 9.80. The SMILES string of the molecule is CCCC(C)[C@@H](C(OC)SC(N)=O)[C@@H](C)CC. The fourth-order valence-corrected chi connectivity index (χ4v) is 3.43. The van der Waals surface area contributed by atoms with E-state index in [2.05, 4.69) is 27.7 Å². The van der Waals surface area contributed by atoms with E-state index in [4.69, 9.17) is 10.5 Å². The third-order valence-corrected chi connectivity index (χ3v) is 4.45. The van der Waals surface area contributed by atoms with E-state index in [-0.39, 0.29) is 10.7 Å². The molecule has 4 atom stereocenters. The molecule has 102 valence electrons. The van der Waals surface area contributed by atoms with Crippen LogP contribution in [0.5, 0.6) is 0 Å². The number of methoxy groups -OCH3 is 1. The number of nitrogens with two attached hydrogens (primary N) is 1. The summed E-state index contributed by atoms with van der Waals surface area (Å²) in [6.07, 6.45) is 3.41. The Kier molecular flexibility index (Phi) is 8.70. The monoisotopic (exact) mass is 261 g/mol. The quantitative estimate of drug-likeness (QED) is 0.675. The molecule has 0 aliphatic carbocycles. The molecule has 1 amide bonds. The highest BCUT2D eigenvalue weighted by molar-refractivity contribution is 8.13. The topological polar surface area (TPSA) is 52.3 Å². The van der Waals surface area contributed by atoms with Crippen LogP contribution in [0, 0.1) is 17.8 Å². The van der Waals surface area contributed by atoms with Gasteiger partial charge in [0.15, 0.2) is 0 Å². The summed E-state index contributed by atoms with van der Waals surface area (Å²) in [6.45, 7) is 8.84. The molecule has 4 heteroatoms. The maximum Gasteiger partial charge on any atom is 0.278 e. The van der Waals surface area contributed by atoms with Gasteiger partial charge in [0.25, 0.3) is 5.24 Å². The first-order valence-electron chi connectivity index (χ1n) is 6.46. The third-order valence-electron chi connectivity index (χ3n) is 3.48. The molecule has 17 heavy (non-hydrogen) atoms. The molecular weight excluding hydrogens is 234 g/mol. The second kappa shape index (κ2) is 8.81. The molecule has 0 spiro atoms. The summed E-state index contributed by atoms with van der Waals surface area (Å²) in [5.41, 5.74) is 5.15. The first-order chi connectivity index (χ1) is 7.97. The number of ether oxygens (including phenoxy) is 1. The minimum absolute atomic E-state index is 0.121. The highest BCUT2D eigenvalue weighted by Gasteiger charge is 2.32. The van der Waals surface area contributed by atoms with Gasteiger partial charge in [-0.05, 0) is 23.6 Å². The van der Waals surface area contributed by atoms with Crippen molar-refractivity contribution in [3.8, 4) is 0 Å². The molecule has 0 saturated carbocycles. The van der Waals surface area contributed by atoms with Crippen LogP contribution < -0.4 is 5.73 Å². The van der Waals surface area contributed by atoms with Gasteiger partial charge < -0.3 is 10.5 Å². The largest absolute Gasteiger partial charge is 0.370 e. The van der Waals surface area contributed by atoms with Gasteiger partial charge >= 0.3 is 0 Å². The van der Waals surface area contributed by atoms with Gasteiger partial charge in [0.2, 0.25) is 0 Å². The van der Waals surface area contributed by atoms with Crippen LogP contribution >= 0.6 is 11.8 Å². The van der Waals surface area contributed by atoms with Gasteiger partial charge in [0, 0.05) is 13.0 Å². The van der Waals surface area contributed by atoms with Crippen molar-refractivity contribution >= 4 is 17.0 Å². The molecule has 0 fully saturated rings. The maximum absolute atomic E-state index is 11.1. The number of carbonyl (C=O) groups excluding carboxylic acids is 1. The maximum atomic E-state index is 11.1. The number of carbonyl (C=O) groups is 1. The fraction of sp³-hybridized carbons (Fsp3) is 0.923. The minimum atomic E-state index is -0.353. The molecule has 0 rings (SSSR count). The Balaban J connectivity index is 4.78. The Labute approximate surface area is 110 Å². The van der Waals surface area contributed by atoms with Gasteiger partial charge in [-0.1, -0.05) is 47.0 Å². The zero-order valence-corrected chi connectivity index (χ0v) is 12.5. The van der Waals surface area contributed by atoms with Crippen molar-refractivity contribution in [1.82, 2.24) is 0 Å². The van der Waals surface area contributed by atoms with Crippen LogP contribution in [-0.2, 0) is 4.74 Å². The summed E-state index contributed by atoms with van der Waals surface area (Å²) in [5, 5.41) is -0.353. The van der Waals surface area contributed by atoms with Crippen molar-refractivity contribution in [2.75, 3.05) is 7.11 Å². The van der Waals surface area contributed by atoms with E-state index in [0.29, 0.717) is 17.8 Å². The van der Waals surface area contributed by atoms with Crippen molar-refractivity contribution in [1.29, 1.82) is 0 Å². The van der Waals surface area contributed by atoms with Crippen molar-refractivity contribution in [2.24, 2.45) is 23.5 Å². The molecule has 0 heterocycles. The van der Waals surface area contributed by atoms with E-state index >= 15 is 0 Å². The Morgan fingerprint density at radius 3 is 2.24 bits per heavy atom. The van der Waals surface area contributed by atoms with E-state index in [0.717, 1.165) is 31.0 Å². The highest BCUT2D eigenvalue weighted by atomic mass is 32.2. The van der Waals surface area contributed by atoms with Crippen molar-refractivity contribution in [3.63, 3.8) is 0 Å². The van der Waals surface area contributed by atoms with E-state index in [1.54, 1.807) is 7.11 Å². The van der Waals surface area contributed by atoms with E-state index in [1.807, 2.05) is 0 Å². The van der Waals surface area contributed by atoms with Crippen molar-refractivity contribution < 1.29 is 9.53 Å². The molecule has 0 aromatic rings. The molecule has 2 unspecified atom stereocenters. The number of hydrogen-bond donors (Lipinski definition) is 1. The fourth-order valence-electron chi connectivity index (χ4n) is 2.42. The average molecular weight is 261 g/mol. The number of hydrogen-bond acceptors (Lipinski definition) is 3. The third kappa shape index (κ3) is 5.77. The number of amides is 1. The van der Waals surface area contributed by atoms with Gasteiger partial charge in [-0.2, -0.15) is 0 Å². The summed E-state index contributed by atoms with van der Waals surface area (Å²) in [6, 6.07) is 0. The molecule has 0 aromatic heterocycles. The van der Waals surface area contributed by atoms with Crippen molar-refractivity contribution in [2.45, 2.75) is 52.4 Å². The van der Waals surface area contributed by atoms with Gasteiger partial charge in [0.05, 0.1) is 0 Å². The first kappa shape index (κ1) is 16.8. The smallest absolute Gasteiger partial charge is 0.278 e. The molecule has 0 saturated heterocycles. The van der Waals surface area contributed by atoms with Crippen LogP contribution in [0.3, 0.4) is 0 Å². The molecule has 0 radical (unpaired) electrons. The molecule has 0 aliphatic heterocycles. The Morgan fingerprint density at radius 1 is 1.29 bits per heavy atom. The van der Waals surface area contributed by atoms with E-state index in [1.165, 1.54) is 0 Å². The summed E-state index contributed by atoms with van der Waals surface area (Å²) < 4.78 is 5.48. The zero-order chi connectivity index (χ0) is 13.4. The number of thioether (sulfide) groups is 1. The van der Waals surface area contributed by atoms with Gasteiger partial charge in [-0.25, -0.2) is 0 Å². The lowest BCUT2D eigenvalue weighted by Gasteiger charge is -2.34. The lowest BCUT2D eigenvalue weighted by molar-refractivity contribution is 0.0621. The summed E-state index contributed by atoms with van der Waals surface area (Å²) in [7, 11) is 1.66. The molecule has 2 N–H and O–H groups in total. The van der Waals surface area contributed by atoms with Crippen LogP contribution in [0.2, 0.25) is 0 Å². The van der Waals surface area contributed by atoms with Crippen LogP contribution in [0.1, 0.15) is 47.0 Å². The summed E-state index contributed by atoms with van der Waals surface area (Å²) >= 11 is 1.12. The van der Waals surface area contributed by atoms with Crippen molar-refractivity contribution in [3.05, 3.63) is 0 Å². The van der Waals surface area contributed by atoms with E-state index < -0.39 is 0 Å². The first-order valence-corrected chi connectivity index (χ1v) is 7.34. The van der Waals surface area contributed by atoms with Gasteiger partial charge in [0.1, 0.15) is 5.44 Å². The number of primary amides is 1. The van der Waals surface area contributed by atoms with Crippen LogP contribution in [0.25, 0.3) is 0 Å². The predicted octanol–water partition coefficient (Wildman–Crippen LogP) is 3.87. The summed E-state index contributed by atoms with van der Waals surface area (Å²) in [5.74, 6) is 1.46. The standard InChI is InChI=1S/C13H27NO2S/c1-6-8-10(4)11(9(3)7-2)12(16-5)17-13(14)15/h9-12H,6-8H2,1-5H3,(H2,14,15)/t9-,10?,11-,12?/m0/s1. The Bertz CT molecular complexity index is 223. The van der Waals surface area contributed by atoms with Crippen LogP contribution in [-0.4, -0.2) is 17.8 Å². The molecule has 3 nitrogen and oxygen atoms in total. The zero-order valence-electron chi connectivity index (χ0n) is 11.7. The second-order valence-corrected chi connectivity index (χ2v) is 5.87. The normalized spacial score (nSPS) is 18.4. The number of rotatable bonds is 8. The second-order valence-electron chi connectivity index (χ2n) is 4.77. The average Bonchev–Trinajstić information content (AvgIpc) is 2.27.